The molecule has 1 aliphatic heterocycles. The number of benzene rings is 1. The van der Waals surface area contributed by atoms with Crippen molar-refractivity contribution in [2.24, 2.45) is 5.41 Å². The highest BCUT2D eigenvalue weighted by atomic mass is 32.2. The summed E-state index contributed by atoms with van der Waals surface area (Å²) in [5.41, 5.74) is 0.491. The average molecular weight is 354 g/mol. The number of ether oxygens (including phenoxy) is 1. The molecule has 1 aromatic rings. The molecule has 134 valence electrons. The van der Waals surface area contributed by atoms with Crippen LogP contribution >= 0.6 is 0 Å². The highest BCUT2D eigenvalue weighted by Gasteiger charge is 2.32. The van der Waals surface area contributed by atoms with Crippen LogP contribution in [0.3, 0.4) is 0 Å². The largest absolute Gasteiger partial charge is 0.495 e. The lowest BCUT2D eigenvalue weighted by molar-refractivity contribution is 0.0542. The average Bonchev–Trinajstić information content (AvgIpc) is 2.60. The van der Waals surface area contributed by atoms with Crippen molar-refractivity contribution in [3.63, 3.8) is 0 Å². The van der Waals surface area contributed by atoms with Gasteiger partial charge in [-0.1, -0.05) is 13.8 Å². The summed E-state index contributed by atoms with van der Waals surface area (Å²) < 4.78 is 31.7. The molecule has 7 heteroatoms. The van der Waals surface area contributed by atoms with E-state index in [-0.39, 0.29) is 22.0 Å². The minimum Gasteiger partial charge on any atom is -0.495 e. The Bertz CT molecular complexity index is 717. The first-order valence-electron chi connectivity index (χ1n) is 8.17. The number of carbonyl (C=O) groups excluding carboxylic acids is 1. The highest BCUT2D eigenvalue weighted by molar-refractivity contribution is 7.89. The lowest BCUT2D eigenvalue weighted by Crippen LogP contribution is -2.44. The fourth-order valence-electron chi connectivity index (χ4n) is 3.09. The van der Waals surface area contributed by atoms with Crippen molar-refractivity contribution in [3.8, 4) is 5.75 Å². The summed E-state index contributed by atoms with van der Waals surface area (Å²) in [5.74, 6) is 0.0857. The van der Waals surface area contributed by atoms with Crippen molar-refractivity contribution in [2.75, 3.05) is 27.2 Å². The molecule has 1 amide bonds. The summed E-state index contributed by atoms with van der Waals surface area (Å²) in [5, 5.41) is 0. The number of rotatable bonds is 5. The SMILES string of the molecule is CCC1(C)CCCN(C(=O)c2ccc(OC)c(S(=O)(=O)NC)c2)C1. The summed E-state index contributed by atoms with van der Waals surface area (Å²) in [6.07, 6.45) is 3.09. The van der Waals surface area contributed by atoms with Crippen molar-refractivity contribution < 1.29 is 17.9 Å². The number of piperidine rings is 1. The van der Waals surface area contributed by atoms with Gasteiger partial charge in [-0.3, -0.25) is 4.79 Å². The van der Waals surface area contributed by atoms with Crippen molar-refractivity contribution in [1.82, 2.24) is 9.62 Å². The van der Waals surface area contributed by atoms with Gasteiger partial charge in [0, 0.05) is 18.7 Å². The molecule has 1 N–H and O–H groups in total. The second-order valence-corrected chi connectivity index (χ2v) is 8.42. The molecule has 1 heterocycles. The molecular weight excluding hydrogens is 328 g/mol. The van der Waals surface area contributed by atoms with E-state index < -0.39 is 10.0 Å². The van der Waals surface area contributed by atoms with Crippen LogP contribution < -0.4 is 9.46 Å². The van der Waals surface area contributed by atoms with Gasteiger partial charge in [-0.05, 0) is 49.9 Å². The zero-order valence-electron chi connectivity index (χ0n) is 14.8. The second kappa shape index (κ2) is 7.11. The number of hydrogen-bond acceptors (Lipinski definition) is 4. The van der Waals surface area contributed by atoms with Gasteiger partial charge in [0.2, 0.25) is 10.0 Å². The van der Waals surface area contributed by atoms with Gasteiger partial charge in [0.15, 0.2) is 0 Å². The first-order valence-corrected chi connectivity index (χ1v) is 9.65. The number of hydrogen-bond donors (Lipinski definition) is 1. The van der Waals surface area contributed by atoms with E-state index in [0.717, 1.165) is 19.3 Å². The summed E-state index contributed by atoms with van der Waals surface area (Å²) in [7, 11) is -0.961. The molecule has 1 atom stereocenters. The molecule has 0 spiro atoms. The van der Waals surface area contributed by atoms with Crippen molar-refractivity contribution >= 4 is 15.9 Å². The Hall–Kier alpha value is -1.60. The predicted octanol–water partition coefficient (Wildman–Crippen LogP) is 2.26. The molecule has 1 aromatic carbocycles. The summed E-state index contributed by atoms with van der Waals surface area (Å²) >= 11 is 0. The number of sulfonamides is 1. The fraction of sp³-hybridized carbons (Fsp3) is 0.588. The van der Waals surface area contributed by atoms with E-state index in [1.165, 1.54) is 26.3 Å². The standard InChI is InChI=1S/C17H26N2O4S/c1-5-17(2)9-6-10-19(12-17)16(20)13-7-8-14(23-4)15(11-13)24(21,22)18-3/h7-8,11,18H,5-6,9-10,12H2,1-4H3. The molecule has 0 aliphatic carbocycles. The van der Waals surface area contributed by atoms with E-state index in [1.54, 1.807) is 6.07 Å². The molecule has 0 bridgehead atoms. The van der Waals surface area contributed by atoms with Crippen LogP contribution in [-0.4, -0.2) is 46.5 Å². The first-order chi connectivity index (χ1) is 11.3. The third-order valence-corrected chi connectivity index (χ3v) is 6.33. The third-order valence-electron chi connectivity index (χ3n) is 4.89. The number of nitrogens with zero attached hydrogens (tertiary/aromatic N) is 1. The zero-order chi connectivity index (χ0) is 18.0. The zero-order valence-corrected chi connectivity index (χ0v) is 15.6. The van der Waals surface area contributed by atoms with Crippen LogP contribution in [0, 0.1) is 5.41 Å². The van der Waals surface area contributed by atoms with Crippen molar-refractivity contribution in [3.05, 3.63) is 23.8 Å². The van der Waals surface area contributed by atoms with Crippen LogP contribution in [0.4, 0.5) is 0 Å². The summed E-state index contributed by atoms with van der Waals surface area (Å²) in [4.78, 5) is 14.6. The molecule has 1 saturated heterocycles. The van der Waals surface area contributed by atoms with Gasteiger partial charge in [0.25, 0.3) is 5.91 Å². The Morgan fingerprint density at radius 3 is 2.71 bits per heavy atom. The second-order valence-electron chi connectivity index (χ2n) is 6.57. The van der Waals surface area contributed by atoms with Crippen LogP contribution in [0.15, 0.2) is 23.1 Å². The van der Waals surface area contributed by atoms with Gasteiger partial charge in [0.05, 0.1) is 7.11 Å². The molecule has 1 fully saturated rings. The Kier molecular flexibility index (Phi) is 5.55. The molecule has 1 unspecified atom stereocenters. The van der Waals surface area contributed by atoms with Gasteiger partial charge in [0.1, 0.15) is 10.6 Å². The lowest BCUT2D eigenvalue weighted by atomic mass is 9.79. The maximum absolute atomic E-state index is 12.8. The van der Waals surface area contributed by atoms with E-state index >= 15 is 0 Å². The molecule has 0 radical (unpaired) electrons. The first kappa shape index (κ1) is 18.7. The Morgan fingerprint density at radius 1 is 1.42 bits per heavy atom. The van der Waals surface area contributed by atoms with Crippen LogP contribution in [0.25, 0.3) is 0 Å². The lowest BCUT2D eigenvalue weighted by Gasteiger charge is -2.40. The summed E-state index contributed by atoms with van der Waals surface area (Å²) in [6.45, 7) is 5.73. The van der Waals surface area contributed by atoms with Crippen molar-refractivity contribution in [2.45, 2.75) is 38.0 Å². The smallest absolute Gasteiger partial charge is 0.253 e. The normalized spacial score (nSPS) is 21.6. The predicted molar refractivity (Wildman–Crippen MR) is 92.8 cm³/mol. The maximum Gasteiger partial charge on any atom is 0.253 e. The number of likely N-dealkylation sites (tertiary alicyclic amines) is 1. The van der Waals surface area contributed by atoms with E-state index in [4.69, 9.17) is 4.74 Å². The van der Waals surface area contributed by atoms with Gasteiger partial charge < -0.3 is 9.64 Å². The van der Waals surface area contributed by atoms with E-state index in [0.29, 0.717) is 18.7 Å². The Morgan fingerprint density at radius 2 is 2.12 bits per heavy atom. The molecule has 0 saturated carbocycles. The minimum absolute atomic E-state index is 0.0198. The minimum atomic E-state index is -3.70. The molecule has 24 heavy (non-hydrogen) atoms. The maximum atomic E-state index is 12.8. The van der Waals surface area contributed by atoms with Crippen LogP contribution in [-0.2, 0) is 10.0 Å². The molecule has 6 nitrogen and oxygen atoms in total. The van der Waals surface area contributed by atoms with E-state index in [1.807, 2.05) is 4.90 Å². The molecule has 2 rings (SSSR count). The van der Waals surface area contributed by atoms with E-state index in [2.05, 4.69) is 18.6 Å². The fourth-order valence-corrected chi connectivity index (χ4v) is 4.01. The molecule has 0 aromatic heterocycles. The van der Waals surface area contributed by atoms with Gasteiger partial charge in [-0.25, -0.2) is 13.1 Å². The summed E-state index contributed by atoms with van der Waals surface area (Å²) in [6, 6.07) is 4.54. The number of amides is 1. The van der Waals surface area contributed by atoms with Gasteiger partial charge in [-0.2, -0.15) is 0 Å². The number of nitrogens with one attached hydrogen (secondary N) is 1. The third kappa shape index (κ3) is 3.72. The van der Waals surface area contributed by atoms with Gasteiger partial charge >= 0.3 is 0 Å². The van der Waals surface area contributed by atoms with Crippen LogP contribution in [0.2, 0.25) is 0 Å². The Labute approximate surface area is 144 Å². The van der Waals surface area contributed by atoms with Crippen LogP contribution in [0.5, 0.6) is 5.75 Å². The topological polar surface area (TPSA) is 75.7 Å². The monoisotopic (exact) mass is 354 g/mol. The van der Waals surface area contributed by atoms with Crippen molar-refractivity contribution in [1.29, 1.82) is 0 Å². The van der Waals surface area contributed by atoms with Gasteiger partial charge in [-0.15, -0.1) is 0 Å². The van der Waals surface area contributed by atoms with Crippen LogP contribution in [0.1, 0.15) is 43.5 Å². The highest BCUT2D eigenvalue weighted by Crippen LogP contribution is 2.33. The quantitative estimate of drug-likeness (QED) is 0.880. The molecule has 1 aliphatic rings. The van der Waals surface area contributed by atoms with E-state index in [9.17, 15) is 13.2 Å². The Balaban J connectivity index is 2.35. The number of carbonyl (C=O) groups is 1. The number of methoxy groups -OCH3 is 1. The molecular formula is C17H26N2O4S.